The Kier molecular flexibility index (Phi) is 1.51. The maximum atomic E-state index is 11.7. The second-order valence-electron chi connectivity index (χ2n) is 5.04. The minimum Gasteiger partial charge on any atom is -0.335 e. The Hall–Kier alpha value is -0.530. The van der Waals surface area contributed by atoms with Gasteiger partial charge in [-0.05, 0) is 40.0 Å². The topological polar surface area (TPSA) is 20.3 Å². The summed E-state index contributed by atoms with van der Waals surface area (Å²) in [6, 6.07) is 0.558. The predicted molar refractivity (Wildman–Crippen MR) is 47.7 cm³/mol. The molecule has 2 atom stereocenters. The van der Waals surface area contributed by atoms with E-state index in [1.54, 1.807) is 0 Å². The zero-order chi connectivity index (χ0) is 8.93. The molecular weight excluding hydrogens is 150 g/mol. The number of hydrogen-bond acceptors (Lipinski definition) is 1. The van der Waals surface area contributed by atoms with Gasteiger partial charge in [0.2, 0.25) is 5.91 Å². The van der Waals surface area contributed by atoms with Gasteiger partial charge in [-0.3, -0.25) is 4.79 Å². The molecule has 1 aliphatic heterocycles. The second-order valence-corrected chi connectivity index (χ2v) is 5.04. The van der Waals surface area contributed by atoms with Crippen molar-refractivity contribution in [2.45, 2.75) is 51.6 Å². The first-order valence-electron chi connectivity index (χ1n) is 4.83. The maximum Gasteiger partial charge on any atom is 0.226 e. The van der Waals surface area contributed by atoms with Gasteiger partial charge in [-0.1, -0.05) is 0 Å². The van der Waals surface area contributed by atoms with Crippen molar-refractivity contribution >= 4 is 5.91 Å². The number of carbonyl (C=O) groups excluding carboxylic acids is 1. The van der Waals surface area contributed by atoms with Crippen LogP contribution in [0.4, 0.5) is 0 Å². The quantitative estimate of drug-likeness (QED) is 0.538. The monoisotopic (exact) mass is 167 g/mol. The van der Waals surface area contributed by atoms with Crippen LogP contribution < -0.4 is 0 Å². The standard InChI is InChI=1S/C10H17NO/c1-10(2,3)11-8-5-4-7(6-8)9(11)12/h7-8H,4-6H2,1-3H3. The highest BCUT2D eigenvalue weighted by Crippen LogP contribution is 2.41. The molecule has 2 unspecified atom stereocenters. The number of amides is 1. The molecule has 2 nitrogen and oxygen atoms in total. The molecule has 1 saturated heterocycles. The summed E-state index contributed by atoms with van der Waals surface area (Å²) in [5.41, 5.74) is 0.0386. The maximum absolute atomic E-state index is 11.7. The number of carbonyl (C=O) groups is 1. The molecule has 2 rings (SSSR count). The van der Waals surface area contributed by atoms with Crippen LogP contribution in [0.25, 0.3) is 0 Å². The van der Waals surface area contributed by atoms with E-state index in [2.05, 4.69) is 25.7 Å². The number of nitrogens with zero attached hydrogens (tertiary/aromatic N) is 1. The van der Waals surface area contributed by atoms with Gasteiger partial charge in [0.25, 0.3) is 0 Å². The Bertz CT molecular complexity index is 216. The second kappa shape index (κ2) is 2.24. The van der Waals surface area contributed by atoms with Gasteiger partial charge in [0.05, 0.1) is 0 Å². The van der Waals surface area contributed by atoms with Gasteiger partial charge in [-0.25, -0.2) is 0 Å². The van der Waals surface area contributed by atoms with Gasteiger partial charge in [0, 0.05) is 17.5 Å². The Balaban J connectivity index is 2.23. The van der Waals surface area contributed by atoms with Crippen molar-refractivity contribution < 1.29 is 4.79 Å². The summed E-state index contributed by atoms with van der Waals surface area (Å²) in [5.74, 6) is 0.771. The van der Waals surface area contributed by atoms with Crippen molar-refractivity contribution in [2.24, 2.45) is 5.92 Å². The molecule has 2 bridgehead atoms. The van der Waals surface area contributed by atoms with Crippen molar-refractivity contribution in [3.63, 3.8) is 0 Å². The summed E-state index contributed by atoms with van der Waals surface area (Å²) in [6.07, 6.45) is 3.49. The van der Waals surface area contributed by atoms with Crippen LogP contribution in [-0.2, 0) is 4.79 Å². The fraction of sp³-hybridized carbons (Fsp3) is 0.900. The van der Waals surface area contributed by atoms with Gasteiger partial charge in [-0.15, -0.1) is 0 Å². The van der Waals surface area contributed by atoms with E-state index in [1.807, 2.05) is 0 Å². The number of rotatable bonds is 0. The Morgan fingerprint density at radius 3 is 2.33 bits per heavy atom. The van der Waals surface area contributed by atoms with Crippen molar-refractivity contribution in [1.82, 2.24) is 4.90 Å². The van der Waals surface area contributed by atoms with Crippen LogP contribution in [-0.4, -0.2) is 22.4 Å². The van der Waals surface area contributed by atoms with Crippen LogP contribution in [0.3, 0.4) is 0 Å². The van der Waals surface area contributed by atoms with Crippen LogP contribution in [0.2, 0.25) is 0 Å². The summed E-state index contributed by atoms with van der Waals surface area (Å²) in [7, 11) is 0. The fourth-order valence-electron chi connectivity index (χ4n) is 2.67. The van der Waals surface area contributed by atoms with E-state index in [1.165, 1.54) is 6.42 Å². The molecule has 0 aromatic heterocycles. The van der Waals surface area contributed by atoms with E-state index in [4.69, 9.17) is 0 Å². The van der Waals surface area contributed by atoms with Gasteiger partial charge in [0.15, 0.2) is 0 Å². The van der Waals surface area contributed by atoms with Crippen LogP contribution in [0, 0.1) is 5.92 Å². The van der Waals surface area contributed by atoms with E-state index in [0.717, 1.165) is 12.8 Å². The van der Waals surface area contributed by atoms with E-state index in [9.17, 15) is 4.79 Å². The molecule has 0 aromatic rings. The Labute approximate surface area is 73.9 Å². The molecule has 2 aliphatic rings. The van der Waals surface area contributed by atoms with Crippen LogP contribution in [0.15, 0.2) is 0 Å². The van der Waals surface area contributed by atoms with Crippen LogP contribution in [0.5, 0.6) is 0 Å². The molecule has 68 valence electrons. The summed E-state index contributed by atoms with van der Waals surface area (Å²) < 4.78 is 0. The normalized spacial score (nSPS) is 34.9. The lowest BCUT2D eigenvalue weighted by Gasteiger charge is -2.38. The van der Waals surface area contributed by atoms with Gasteiger partial charge < -0.3 is 4.90 Å². The average Bonchev–Trinajstić information content (AvgIpc) is 2.42. The third-order valence-corrected chi connectivity index (χ3v) is 3.08. The summed E-state index contributed by atoms with van der Waals surface area (Å²) in [5, 5.41) is 0. The van der Waals surface area contributed by atoms with Crippen LogP contribution >= 0.6 is 0 Å². The highest BCUT2D eigenvalue weighted by molar-refractivity contribution is 5.83. The van der Waals surface area contributed by atoms with Gasteiger partial charge >= 0.3 is 0 Å². The first-order chi connectivity index (χ1) is 5.50. The lowest BCUT2D eigenvalue weighted by atomic mass is 10.0. The zero-order valence-electron chi connectivity index (χ0n) is 8.13. The SMILES string of the molecule is CC(C)(C)N1C(=O)C2CCC1C2. The number of fused-ring (bicyclic) bond motifs is 2. The van der Waals surface area contributed by atoms with Crippen molar-refractivity contribution in [1.29, 1.82) is 0 Å². The van der Waals surface area contributed by atoms with Gasteiger partial charge in [-0.2, -0.15) is 0 Å². The zero-order valence-corrected chi connectivity index (χ0v) is 8.13. The summed E-state index contributed by atoms with van der Waals surface area (Å²) in [4.78, 5) is 13.8. The number of piperidine rings is 1. The first kappa shape index (κ1) is 8.09. The molecule has 0 N–H and O–H groups in total. The Morgan fingerprint density at radius 2 is 2.00 bits per heavy atom. The molecule has 1 saturated carbocycles. The van der Waals surface area contributed by atoms with Crippen molar-refractivity contribution in [3.05, 3.63) is 0 Å². The molecular formula is C10H17NO. The molecule has 0 spiro atoms. The van der Waals surface area contributed by atoms with Gasteiger partial charge in [0.1, 0.15) is 0 Å². The number of likely N-dealkylation sites (tertiary alicyclic amines) is 1. The minimum atomic E-state index is 0.0386. The lowest BCUT2D eigenvalue weighted by molar-refractivity contribution is -0.139. The largest absolute Gasteiger partial charge is 0.335 e. The highest BCUT2D eigenvalue weighted by atomic mass is 16.2. The molecule has 0 aromatic carbocycles. The molecule has 2 heteroatoms. The number of hydrogen-bond donors (Lipinski definition) is 0. The molecule has 2 fully saturated rings. The van der Waals surface area contributed by atoms with Crippen molar-refractivity contribution in [2.75, 3.05) is 0 Å². The molecule has 1 heterocycles. The van der Waals surface area contributed by atoms with E-state index >= 15 is 0 Å². The fourth-order valence-corrected chi connectivity index (χ4v) is 2.67. The predicted octanol–water partition coefficient (Wildman–Crippen LogP) is 1.80. The smallest absolute Gasteiger partial charge is 0.226 e. The molecule has 1 amide bonds. The average molecular weight is 167 g/mol. The van der Waals surface area contributed by atoms with E-state index in [-0.39, 0.29) is 5.54 Å². The summed E-state index contributed by atoms with van der Waals surface area (Å²) in [6.45, 7) is 6.39. The lowest BCUT2D eigenvalue weighted by Crippen LogP contribution is -2.49. The first-order valence-corrected chi connectivity index (χ1v) is 4.83. The van der Waals surface area contributed by atoms with Crippen LogP contribution in [0.1, 0.15) is 40.0 Å². The molecule has 1 aliphatic carbocycles. The van der Waals surface area contributed by atoms with E-state index < -0.39 is 0 Å². The summed E-state index contributed by atoms with van der Waals surface area (Å²) >= 11 is 0. The van der Waals surface area contributed by atoms with Crippen molar-refractivity contribution in [3.8, 4) is 0 Å². The highest BCUT2D eigenvalue weighted by Gasteiger charge is 2.48. The minimum absolute atomic E-state index is 0.0386. The molecule has 12 heavy (non-hydrogen) atoms. The van der Waals surface area contributed by atoms with E-state index in [0.29, 0.717) is 17.9 Å². The Morgan fingerprint density at radius 1 is 1.33 bits per heavy atom. The molecule has 0 radical (unpaired) electrons. The third kappa shape index (κ3) is 0.970. The third-order valence-electron chi connectivity index (χ3n) is 3.08.